The molecule has 0 saturated heterocycles. The average Bonchev–Trinajstić information content (AvgIpc) is 2.14. The second-order valence-corrected chi connectivity index (χ2v) is 5.10. The molecule has 4 nitrogen and oxygen atoms in total. The molecule has 0 spiro atoms. The Morgan fingerprint density at radius 1 is 1.17 bits per heavy atom. The van der Waals surface area contributed by atoms with Crippen LogP contribution in [0, 0.1) is 5.41 Å². The van der Waals surface area contributed by atoms with Gasteiger partial charge in [-0.25, -0.2) is 4.79 Å². The largest absolute Gasteiger partial charge is 0.480 e. The highest BCUT2D eigenvalue weighted by atomic mass is 19.4. The molecule has 0 aliphatic rings. The Kier molecular flexibility index (Phi) is 4.79. The number of carboxylic acids is 1. The number of halogens is 3. The van der Waals surface area contributed by atoms with Crippen molar-refractivity contribution in [3.8, 4) is 0 Å². The third kappa shape index (κ3) is 3.89. The lowest BCUT2D eigenvalue weighted by atomic mass is 9.87. The summed E-state index contributed by atoms with van der Waals surface area (Å²) in [5, 5.41) is 11.0. The van der Waals surface area contributed by atoms with E-state index in [-0.39, 0.29) is 6.42 Å². The fourth-order valence-corrected chi connectivity index (χ4v) is 1.15. The molecule has 1 unspecified atom stereocenters. The van der Waals surface area contributed by atoms with E-state index in [2.05, 4.69) is 5.32 Å². The van der Waals surface area contributed by atoms with Crippen molar-refractivity contribution in [2.75, 3.05) is 0 Å². The first-order valence-electron chi connectivity index (χ1n) is 5.47. The lowest BCUT2D eigenvalue weighted by molar-refractivity contribution is -0.214. The molecule has 0 aliphatic carbocycles. The minimum absolute atomic E-state index is 0.0838. The second kappa shape index (κ2) is 5.16. The molecule has 0 aromatic heterocycles. The van der Waals surface area contributed by atoms with Crippen molar-refractivity contribution >= 4 is 11.9 Å². The number of amides is 1. The predicted octanol–water partition coefficient (Wildman–Crippen LogP) is 2.33. The quantitative estimate of drug-likeness (QED) is 0.805. The Bertz CT molecular complexity index is 339. The Morgan fingerprint density at radius 2 is 1.61 bits per heavy atom. The number of alkyl halides is 3. The van der Waals surface area contributed by atoms with Crippen LogP contribution in [0.15, 0.2) is 0 Å². The SMILES string of the molecule is CCC(C)(NC(=O)CC(C)(C)C(F)(F)F)C(=O)O. The summed E-state index contributed by atoms with van der Waals surface area (Å²) in [7, 11) is 0. The molecule has 0 aromatic rings. The van der Waals surface area contributed by atoms with Gasteiger partial charge in [-0.15, -0.1) is 0 Å². The molecular weight excluding hydrogens is 251 g/mol. The first-order valence-corrected chi connectivity index (χ1v) is 5.47. The molecule has 0 aliphatic heterocycles. The van der Waals surface area contributed by atoms with Crippen molar-refractivity contribution in [1.29, 1.82) is 0 Å². The van der Waals surface area contributed by atoms with Crippen LogP contribution in [0.5, 0.6) is 0 Å². The Labute approximate surface area is 104 Å². The van der Waals surface area contributed by atoms with Crippen molar-refractivity contribution in [2.24, 2.45) is 5.41 Å². The maximum Gasteiger partial charge on any atom is 0.394 e. The fraction of sp³-hybridized carbons (Fsp3) is 0.818. The van der Waals surface area contributed by atoms with Gasteiger partial charge in [-0.1, -0.05) is 20.8 Å². The molecule has 0 fully saturated rings. The van der Waals surface area contributed by atoms with Gasteiger partial charge in [-0.05, 0) is 13.3 Å². The third-order valence-corrected chi connectivity index (χ3v) is 2.96. The zero-order valence-electron chi connectivity index (χ0n) is 10.8. The van der Waals surface area contributed by atoms with E-state index in [1.165, 1.54) is 13.8 Å². The number of hydrogen-bond donors (Lipinski definition) is 2. The molecule has 7 heteroatoms. The van der Waals surface area contributed by atoms with Gasteiger partial charge >= 0.3 is 12.1 Å². The molecule has 106 valence electrons. The summed E-state index contributed by atoms with van der Waals surface area (Å²) >= 11 is 0. The number of carboxylic acid groups (broad SMARTS) is 1. The van der Waals surface area contributed by atoms with Crippen LogP contribution in [0.25, 0.3) is 0 Å². The lowest BCUT2D eigenvalue weighted by Gasteiger charge is -2.30. The highest BCUT2D eigenvalue weighted by Crippen LogP contribution is 2.40. The predicted molar refractivity (Wildman–Crippen MR) is 58.9 cm³/mol. The summed E-state index contributed by atoms with van der Waals surface area (Å²) in [6.07, 6.45) is -5.24. The van der Waals surface area contributed by atoms with Crippen LogP contribution in [0.4, 0.5) is 13.2 Å². The molecule has 18 heavy (non-hydrogen) atoms. The standard InChI is InChI=1S/C11H18F3NO3/c1-5-10(4,8(17)18)15-7(16)6-9(2,3)11(12,13)14/h5-6H2,1-4H3,(H,15,16)(H,17,18). The molecule has 1 atom stereocenters. The molecule has 0 bridgehead atoms. The van der Waals surface area contributed by atoms with E-state index >= 15 is 0 Å². The molecule has 0 radical (unpaired) electrons. The monoisotopic (exact) mass is 269 g/mol. The summed E-state index contributed by atoms with van der Waals surface area (Å²) in [4.78, 5) is 22.4. The Morgan fingerprint density at radius 3 is 1.89 bits per heavy atom. The van der Waals surface area contributed by atoms with Crippen LogP contribution in [-0.4, -0.2) is 28.7 Å². The molecular formula is C11H18F3NO3. The number of carbonyl (C=O) groups is 2. The van der Waals surface area contributed by atoms with Crippen LogP contribution in [0.3, 0.4) is 0 Å². The van der Waals surface area contributed by atoms with Crippen LogP contribution in [0.2, 0.25) is 0 Å². The summed E-state index contributed by atoms with van der Waals surface area (Å²) in [6.45, 7) is 4.59. The smallest absolute Gasteiger partial charge is 0.394 e. The lowest BCUT2D eigenvalue weighted by Crippen LogP contribution is -2.53. The minimum atomic E-state index is -4.52. The number of hydrogen-bond acceptors (Lipinski definition) is 2. The van der Waals surface area contributed by atoms with Crippen LogP contribution in [-0.2, 0) is 9.59 Å². The van der Waals surface area contributed by atoms with Gasteiger partial charge in [0.25, 0.3) is 0 Å². The van der Waals surface area contributed by atoms with Crippen LogP contribution in [0.1, 0.15) is 40.5 Å². The maximum absolute atomic E-state index is 12.6. The zero-order valence-corrected chi connectivity index (χ0v) is 10.8. The summed E-state index contributed by atoms with van der Waals surface area (Å²) < 4.78 is 37.7. The number of aliphatic carboxylic acids is 1. The van der Waals surface area contributed by atoms with Gasteiger partial charge in [0.05, 0.1) is 5.41 Å². The van der Waals surface area contributed by atoms with Crippen molar-refractivity contribution in [3.05, 3.63) is 0 Å². The van der Waals surface area contributed by atoms with E-state index in [4.69, 9.17) is 5.11 Å². The summed E-state index contributed by atoms with van der Waals surface area (Å²) in [5.74, 6) is -2.20. The Hall–Kier alpha value is -1.27. The first-order chi connectivity index (χ1) is 7.85. The van der Waals surface area contributed by atoms with Crippen LogP contribution < -0.4 is 5.32 Å². The van der Waals surface area contributed by atoms with E-state index in [0.29, 0.717) is 0 Å². The third-order valence-electron chi connectivity index (χ3n) is 2.96. The van der Waals surface area contributed by atoms with Gasteiger partial charge < -0.3 is 10.4 Å². The maximum atomic E-state index is 12.6. The molecule has 0 saturated carbocycles. The fourth-order valence-electron chi connectivity index (χ4n) is 1.15. The molecule has 0 aromatic carbocycles. The summed E-state index contributed by atoms with van der Waals surface area (Å²) in [5.41, 5.74) is -3.73. The van der Waals surface area contributed by atoms with Gasteiger partial charge in [0, 0.05) is 6.42 Å². The van der Waals surface area contributed by atoms with Gasteiger partial charge in [0.1, 0.15) is 5.54 Å². The zero-order chi connectivity index (χ0) is 14.8. The van der Waals surface area contributed by atoms with Gasteiger partial charge in [-0.2, -0.15) is 13.2 Å². The highest BCUT2D eigenvalue weighted by molar-refractivity contribution is 5.86. The topological polar surface area (TPSA) is 66.4 Å². The number of rotatable bonds is 5. The first kappa shape index (κ1) is 16.7. The molecule has 1 amide bonds. The van der Waals surface area contributed by atoms with Crippen molar-refractivity contribution in [3.63, 3.8) is 0 Å². The van der Waals surface area contributed by atoms with E-state index in [1.54, 1.807) is 0 Å². The van der Waals surface area contributed by atoms with Crippen molar-refractivity contribution < 1.29 is 27.9 Å². The van der Waals surface area contributed by atoms with E-state index < -0.39 is 35.4 Å². The second-order valence-electron chi connectivity index (χ2n) is 5.10. The van der Waals surface area contributed by atoms with Crippen molar-refractivity contribution in [1.82, 2.24) is 5.32 Å². The van der Waals surface area contributed by atoms with E-state index in [1.807, 2.05) is 0 Å². The minimum Gasteiger partial charge on any atom is -0.480 e. The summed E-state index contributed by atoms with van der Waals surface area (Å²) in [6, 6.07) is 0. The average molecular weight is 269 g/mol. The van der Waals surface area contributed by atoms with Crippen LogP contribution >= 0.6 is 0 Å². The molecule has 0 heterocycles. The van der Waals surface area contributed by atoms with E-state index in [9.17, 15) is 22.8 Å². The number of carbonyl (C=O) groups excluding carboxylic acids is 1. The van der Waals surface area contributed by atoms with E-state index in [0.717, 1.165) is 13.8 Å². The molecule has 2 N–H and O–H groups in total. The normalized spacial score (nSPS) is 15.9. The van der Waals surface area contributed by atoms with Crippen molar-refractivity contribution in [2.45, 2.75) is 52.3 Å². The van der Waals surface area contributed by atoms with Gasteiger partial charge in [-0.3, -0.25) is 4.79 Å². The number of nitrogens with one attached hydrogen (secondary N) is 1. The van der Waals surface area contributed by atoms with Gasteiger partial charge in [0.2, 0.25) is 5.91 Å². The Balaban J connectivity index is 4.77. The molecule has 0 rings (SSSR count). The highest BCUT2D eigenvalue weighted by Gasteiger charge is 2.49. The van der Waals surface area contributed by atoms with Gasteiger partial charge in [0.15, 0.2) is 0 Å².